The molecule has 1 N–H and O–H groups in total. The zero-order chi connectivity index (χ0) is 18.6. The predicted octanol–water partition coefficient (Wildman–Crippen LogP) is 6.88. The molecule has 0 amide bonds. The van der Waals surface area contributed by atoms with E-state index in [0.717, 1.165) is 5.56 Å². The van der Waals surface area contributed by atoms with E-state index in [1.54, 1.807) is 25.2 Å². The first-order chi connectivity index (χ1) is 11.8. The normalized spacial score (nSPS) is 11.8. The molecule has 0 heterocycles. The lowest BCUT2D eigenvalue weighted by Gasteiger charge is -2.17. The Morgan fingerprint density at radius 1 is 1.20 bits per heavy atom. The first-order valence-corrected chi connectivity index (χ1v) is 8.39. The number of nitrogens with one attached hydrogen (secondary N) is 1. The van der Waals surface area contributed by atoms with Crippen LogP contribution in [0.1, 0.15) is 30.9 Å². The van der Waals surface area contributed by atoms with Crippen molar-refractivity contribution >= 4 is 34.7 Å². The minimum absolute atomic E-state index is 0.0722. The average Bonchev–Trinajstić information content (AvgIpc) is 2.57. The van der Waals surface area contributed by atoms with Crippen molar-refractivity contribution in [3.05, 3.63) is 51.5 Å². The van der Waals surface area contributed by atoms with Crippen LogP contribution < -0.4 is 10.1 Å². The van der Waals surface area contributed by atoms with Gasteiger partial charge in [0.25, 0.3) is 6.43 Å². The van der Waals surface area contributed by atoms with Gasteiger partial charge in [-0.2, -0.15) is 0 Å². The Kier molecular flexibility index (Phi) is 6.62. The maximum atomic E-state index is 13.5. The molecule has 0 aromatic heterocycles. The lowest BCUT2D eigenvalue weighted by molar-refractivity contribution is 0.148. The van der Waals surface area contributed by atoms with Crippen molar-refractivity contribution in [1.82, 2.24) is 0 Å². The summed E-state index contributed by atoms with van der Waals surface area (Å²) in [6.45, 7) is 3.74. The Morgan fingerprint density at radius 2 is 1.92 bits per heavy atom. The number of aliphatic imine (C=N–C) groups is 1. The molecule has 0 aliphatic carbocycles. The van der Waals surface area contributed by atoms with Crippen LogP contribution in [0.5, 0.6) is 11.5 Å². The third-order valence-corrected chi connectivity index (χ3v) is 4.33. The summed E-state index contributed by atoms with van der Waals surface area (Å²) in [6.07, 6.45) is -2.02. The summed E-state index contributed by atoms with van der Waals surface area (Å²) in [5, 5.41) is 3.73. The van der Waals surface area contributed by atoms with Crippen molar-refractivity contribution in [2.45, 2.75) is 26.7 Å². The Bertz CT molecular complexity index is 795. The Morgan fingerprint density at radius 3 is 2.48 bits per heavy atom. The van der Waals surface area contributed by atoms with Gasteiger partial charge < -0.3 is 10.1 Å². The van der Waals surface area contributed by atoms with Crippen LogP contribution in [0.2, 0.25) is 10.0 Å². The molecule has 7 heteroatoms. The smallest absolute Gasteiger partial charge is 0.267 e. The molecule has 0 saturated carbocycles. The minimum atomic E-state index is -2.69. The number of anilines is 1. The molecule has 3 nitrogen and oxygen atoms in total. The summed E-state index contributed by atoms with van der Waals surface area (Å²) in [5.41, 5.74) is 1.11. The van der Waals surface area contributed by atoms with E-state index in [1.165, 1.54) is 12.1 Å². The van der Waals surface area contributed by atoms with Crippen LogP contribution in [0.25, 0.3) is 0 Å². The fourth-order valence-corrected chi connectivity index (χ4v) is 2.51. The van der Waals surface area contributed by atoms with Gasteiger partial charge in [-0.3, -0.25) is 4.99 Å². The van der Waals surface area contributed by atoms with Gasteiger partial charge in [0.2, 0.25) is 0 Å². The zero-order valence-corrected chi connectivity index (χ0v) is 15.6. The van der Waals surface area contributed by atoms with Crippen LogP contribution in [0.3, 0.4) is 0 Å². The third kappa shape index (κ3) is 4.83. The highest BCUT2D eigenvalue weighted by atomic mass is 35.5. The minimum Gasteiger partial charge on any atom is -0.457 e. The molecule has 0 unspecified atom stereocenters. The Hall–Kier alpha value is -1.85. The van der Waals surface area contributed by atoms with Gasteiger partial charge in [0.1, 0.15) is 17.3 Å². The molecule has 2 rings (SSSR count). The summed E-state index contributed by atoms with van der Waals surface area (Å²) in [5.74, 6) is 1.12. The summed E-state index contributed by atoms with van der Waals surface area (Å²) in [4.78, 5) is 4.09. The monoisotopic (exact) mass is 386 g/mol. The van der Waals surface area contributed by atoms with Crippen molar-refractivity contribution in [3.8, 4) is 11.5 Å². The van der Waals surface area contributed by atoms with Crippen molar-refractivity contribution in [1.29, 1.82) is 0 Å². The quantitative estimate of drug-likeness (QED) is 0.448. The van der Waals surface area contributed by atoms with Gasteiger partial charge in [-0.05, 0) is 36.8 Å². The highest BCUT2D eigenvalue weighted by molar-refractivity contribution is 6.42. The number of hydrogen-bond acceptors (Lipinski definition) is 2. The summed E-state index contributed by atoms with van der Waals surface area (Å²) in [7, 11) is 1.65. The second-order valence-corrected chi connectivity index (χ2v) is 6.15. The van der Waals surface area contributed by atoms with E-state index in [1.807, 2.05) is 13.8 Å². The lowest BCUT2D eigenvalue weighted by atomic mass is 10.1. The topological polar surface area (TPSA) is 33.6 Å². The van der Waals surface area contributed by atoms with Crippen molar-refractivity contribution in [2.75, 3.05) is 12.4 Å². The number of rotatable bonds is 5. The molecule has 0 aliphatic rings. The van der Waals surface area contributed by atoms with Gasteiger partial charge in [-0.25, -0.2) is 8.78 Å². The van der Waals surface area contributed by atoms with Gasteiger partial charge in [0.05, 0.1) is 15.6 Å². The second-order valence-electron chi connectivity index (χ2n) is 5.33. The largest absolute Gasteiger partial charge is 0.457 e. The van der Waals surface area contributed by atoms with Crippen LogP contribution in [0, 0.1) is 6.92 Å². The van der Waals surface area contributed by atoms with E-state index in [2.05, 4.69) is 10.3 Å². The number of amidine groups is 1. The zero-order valence-electron chi connectivity index (χ0n) is 14.0. The average molecular weight is 387 g/mol. The van der Waals surface area contributed by atoms with E-state index >= 15 is 0 Å². The van der Waals surface area contributed by atoms with Crippen LogP contribution in [-0.2, 0) is 0 Å². The number of hydrogen-bond donors (Lipinski definition) is 1. The standard InChI is InChI=1S/C18H18Cl2F2N2O/c1-4-17(23-3)24-15-9-12(18(21)22)16(7-10(15)2)25-11-5-6-13(19)14(20)8-11/h5-9,18H,4H2,1-3H3,(H,23,24). The number of ether oxygens (including phenoxy) is 1. The van der Waals surface area contributed by atoms with Gasteiger partial charge in [-0.1, -0.05) is 30.1 Å². The number of nitrogens with zero attached hydrogens (tertiary/aromatic N) is 1. The first kappa shape index (κ1) is 19.5. The molecule has 2 aromatic rings. The molecule has 0 atom stereocenters. The Balaban J connectivity index is 2.40. The molecular formula is C18H18Cl2F2N2O. The van der Waals surface area contributed by atoms with Gasteiger partial charge >= 0.3 is 0 Å². The van der Waals surface area contributed by atoms with Crippen molar-refractivity contribution in [3.63, 3.8) is 0 Å². The maximum absolute atomic E-state index is 13.5. The molecule has 134 valence electrons. The van der Waals surface area contributed by atoms with E-state index in [0.29, 0.717) is 33.7 Å². The fraction of sp³-hybridized carbons (Fsp3) is 0.278. The molecule has 0 fully saturated rings. The predicted molar refractivity (Wildman–Crippen MR) is 99.9 cm³/mol. The molecule has 0 saturated heterocycles. The van der Waals surface area contributed by atoms with E-state index in [-0.39, 0.29) is 11.3 Å². The molecule has 2 aromatic carbocycles. The maximum Gasteiger partial charge on any atom is 0.267 e. The first-order valence-electron chi connectivity index (χ1n) is 7.64. The molecule has 0 radical (unpaired) electrons. The molecule has 25 heavy (non-hydrogen) atoms. The summed E-state index contributed by atoms with van der Waals surface area (Å²) >= 11 is 11.8. The van der Waals surface area contributed by atoms with E-state index < -0.39 is 6.43 Å². The lowest BCUT2D eigenvalue weighted by Crippen LogP contribution is -2.12. The molecular weight excluding hydrogens is 369 g/mol. The number of benzene rings is 2. The fourth-order valence-electron chi connectivity index (χ4n) is 2.22. The number of alkyl halides is 2. The Labute approximate surface area is 155 Å². The third-order valence-electron chi connectivity index (χ3n) is 3.59. The molecule has 0 spiro atoms. The van der Waals surface area contributed by atoms with Crippen molar-refractivity contribution in [2.24, 2.45) is 4.99 Å². The summed E-state index contributed by atoms with van der Waals surface area (Å²) < 4.78 is 32.6. The van der Waals surface area contributed by atoms with Crippen LogP contribution in [0.4, 0.5) is 14.5 Å². The van der Waals surface area contributed by atoms with Gasteiger partial charge in [0, 0.05) is 25.2 Å². The number of halogens is 4. The van der Waals surface area contributed by atoms with E-state index in [9.17, 15) is 8.78 Å². The highest BCUT2D eigenvalue weighted by Crippen LogP contribution is 2.37. The van der Waals surface area contributed by atoms with Crippen molar-refractivity contribution < 1.29 is 13.5 Å². The molecule has 0 bridgehead atoms. The molecule has 0 aliphatic heterocycles. The highest BCUT2D eigenvalue weighted by Gasteiger charge is 2.18. The van der Waals surface area contributed by atoms with Gasteiger partial charge in [0.15, 0.2) is 0 Å². The van der Waals surface area contributed by atoms with Crippen LogP contribution >= 0.6 is 23.2 Å². The SMILES string of the molecule is CCC(=NC)Nc1cc(C(F)F)c(Oc2ccc(Cl)c(Cl)c2)cc1C. The number of aryl methyl sites for hydroxylation is 1. The van der Waals surface area contributed by atoms with Crippen LogP contribution in [-0.4, -0.2) is 12.9 Å². The summed E-state index contributed by atoms with van der Waals surface area (Å²) in [6, 6.07) is 7.56. The van der Waals surface area contributed by atoms with Crippen LogP contribution in [0.15, 0.2) is 35.3 Å². The second kappa shape index (κ2) is 8.50. The van der Waals surface area contributed by atoms with Gasteiger partial charge in [-0.15, -0.1) is 0 Å². The van der Waals surface area contributed by atoms with E-state index in [4.69, 9.17) is 27.9 Å².